The van der Waals surface area contributed by atoms with Crippen LogP contribution in [0.25, 0.3) is 11.3 Å². The van der Waals surface area contributed by atoms with E-state index in [9.17, 15) is 0 Å². The maximum Gasteiger partial charge on any atom is 0.225 e. The van der Waals surface area contributed by atoms with Crippen molar-refractivity contribution in [3.8, 4) is 11.3 Å². The monoisotopic (exact) mass is 282 g/mol. The van der Waals surface area contributed by atoms with Crippen molar-refractivity contribution in [3.05, 3.63) is 49.1 Å². The maximum atomic E-state index is 4.56. The van der Waals surface area contributed by atoms with Gasteiger partial charge >= 0.3 is 0 Å². The third-order valence-corrected chi connectivity index (χ3v) is 2.70. The zero-order valence-corrected chi connectivity index (χ0v) is 12.9. The van der Waals surface area contributed by atoms with E-state index < -0.39 is 0 Å². The zero-order chi connectivity index (χ0) is 15.3. The molecule has 0 saturated carbocycles. The van der Waals surface area contributed by atoms with E-state index >= 15 is 0 Å². The lowest BCUT2D eigenvalue weighted by atomic mass is 10.1. The van der Waals surface area contributed by atoms with Crippen molar-refractivity contribution in [2.45, 2.75) is 26.3 Å². The molecule has 4 heteroatoms. The van der Waals surface area contributed by atoms with Gasteiger partial charge in [0.15, 0.2) is 0 Å². The van der Waals surface area contributed by atoms with E-state index in [1.54, 1.807) is 6.08 Å². The summed E-state index contributed by atoms with van der Waals surface area (Å²) in [6.45, 7) is 10.7. The van der Waals surface area contributed by atoms with Crippen molar-refractivity contribution in [3.63, 3.8) is 0 Å². The van der Waals surface area contributed by atoms with Gasteiger partial charge in [0, 0.05) is 23.7 Å². The van der Waals surface area contributed by atoms with Crippen molar-refractivity contribution in [2.75, 3.05) is 17.2 Å². The standard InChI is InChI=1S/C17H22N4/c1-5-11-18-16-19-14(13-9-7-6-8-10-13)12-15(20-16)21-17(2,3)4/h5-10,12H,1,11H2,2-4H3,(H2,18,19,20,21). The zero-order valence-electron chi connectivity index (χ0n) is 12.9. The van der Waals surface area contributed by atoms with Gasteiger partial charge in [0.1, 0.15) is 5.82 Å². The molecular formula is C17H22N4. The second-order valence-electron chi connectivity index (χ2n) is 5.87. The molecule has 0 saturated heterocycles. The smallest absolute Gasteiger partial charge is 0.225 e. The summed E-state index contributed by atoms with van der Waals surface area (Å²) in [4.78, 5) is 9.06. The highest BCUT2D eigenvalue weighted by Crippen LogP contribution is 2.22. The predicted octanol–water partition coefficient (Wildman–Crippen LogP) is 3.95. The molecule has 0 amide bonds. The minimum Gasteiger partial charge on any atom is -0.365 e. The Labute approximate surface area is 126 Å². The molecule has 0 atom stereocenters. The van der Waals surface area contributed by atoms with Gasteiger partial charge in [-0.1, -0.05) is 36.4 Å². The van der Waals surface area contributed by atoms with E-state index in [-0.39, 0.29) is 5.54 Å². The average Bonchev–Trinajstić information content (AvgIpc) is 2.44. The molecule has 0 fully saturated rings. The Morgan fingerprint density at radius 3 is 2.48 bits per heavy atom. The number of anilines is 2. The molecule has 1 aromatic heterocycles. The summed E-state index contributed by atoms with van der Waals surface area (Å²) in [5, 5.41) is 6.54. The first-order chi connectivity index (χ1) is 9.98. The predicted molar refractivity (Wildman–Crippen MR) is 89.5 cm³/mol. The summed E-state index contributed by atoms with van der Waals surface area (Å²) in [7, 11) is 0. The van der Waals surface area contributed by atoms with Gasteiger partial charge in [-0.3, -0.25) is 0 Å². The first-order valence-electron chi connectivity index (χ1n) is 7.05. The lowest BCUT2D eigenvalue weighted by Gasteiger charge is -2.22. The second-order valence-corrected chi connectivity index (χ2v) is 5.87. The minimum atomic E-state index is -0.0575. The van der Waals surface area contributed by atoms with Crippen LogP contribution in [0, 0.1) is 0 Å². The maximum absolute atomic E-state index is 4.56. The Hall–Kier alpha value is -2.36. The van der Waals surface area contributed by atoms with Crippen LogP contribution in [-0.4, -0.2) is 22.1 Å². The third-order valence-electron chi connectivity index (χ3n) is 2.70. The van der Waals surface area contributed by atoms with Crippen molar-refractivity contribution in [1.29, 1.82) is 0 Å². The molecule has 0 aliphatic carbocycles. The number of benzene rings is 1. The van der Waals surface area contributed by atoms with Crippen LogP contribution >= 0.6 is 0 Å². The summed E-state index contributed by atoms with van der Waals surface area (Å²) in [5.41, 5.74) is 1.90. The SMILES string of the molecule is C=CCNc1nc(NC(C)(C)C)cc(-c2ccccc2)n1. The molecule has 0 aliphatic heterocycles. The fraction of sp³-hybridized carbons (Fsp3) is 0.294. The van der Waals surface area contributed by atoms with Gasteiger partial charge in [-0.05, 0) is 20.8 Å². The van der Waals surface area contributed by atoms with Crippen LogP contribution in [0.3, 0.4) is 0 Å². The third kappa shape index (κ3) is 4.60. The molecule has 2 N–H and O–H groups in total. The second kappa shape index (κ2) is 6.39. The Balaban J connectivity index is 2.39. The van der Waals surface area contributed by atoms with Gasteiger partial charge < -0.3 is 10.6 Å². The summed E-state index contributed by atoms with van der Waals surface area (Å²) in [6.07, 6.45) is 1.79. The highest BCUT2D eigenvalue weighted by atomic mass is 15.2. The van der Waals surface area contributed by atoms with Crippen molar-refractivity contribution in [2.24, 2.45) is 0 Å². The molecule has 0 bridgehead atoms. The summed E-state index contributed by atoms with van der Waals surface area (Å²) in [6, 6.07) is 12.1. The van der Waals surface area contributed by atoms with Crippen molar-refractivity contribution >= 4 is 11.8 Å². The molecule has 1 heterocycles. The number of hydrogen-bond acceptors (Lipinski definition) is 4. The average molecular weight is 282 g/mol. The van der Waals surface area contributed by atoms with Crippen LogP contribution in [-0.2, 0) is 0 Å². The first kappa shape index (κ1) is 15.0. The van der Waals surface area contributed by atoms with Gasteiger partial charge in [-0.2, -0.15) is 4.98 Å². The van der Waals surface area contributed by atoms with E-state index in [1.807, 2.05) is 36.4 Å². The van der Waals surface area contributed by atoms with Crippen molar-refractivity contribution in [1.82, 2.24) is 9.97 Å². The normalized spacial score (nSPS) is 11.0. The van der Waals surface area contributed by atoms with Gasteiger partial charge in [0.2, 0.25) is 5.95 Å². The molecule has 21 heavy (non-hydrogen) atoms. The van der Waals surface area contributed by atoms with Crippen LogP contribution in [0.1, 0.15) is 20.8 Å². The summed E-state index contributed by atoms with van der Waals surface area (Å²) in [5.74, 6) is 1.41. The van der Waals surface area contributed by atoms with Crippen LogP contribution in [0.15, 0.2) is 49.1 Å². The Kier molecular flexibility index (Phi) is 4.58. The first-order valence-corrected chi connectivity index (χ1v) is 7.05. The van der Waals surface area contributed by atoms with E-state index in [2.05, 4.69) is 48.0 Å². The fourth-order valence-electron chi connectivity index (χ4n) is 1.89. The molecule has 0 aliphatic rings. The molecule has 0 radical (unpaired) electrons. The fourth-order valence-corrected chi connectivity index (χ4v) is 1.89. The van der Waals surface area contributed by atoms with E-state index in [0.29, 0.717) is 12.5 Å². The highest BCUT2D eigenvalue weighted by molar-refractivity contribution is 5.64. The lowest BCUT2D eigenvalue weighted by Crippen LogP contribution is -2.27. The Bertz CT molecular complexity index is 600. The number of nitrogens with zero attached hydrogens (tertiary/aromatic N) is 2. The molecule has 110 valence electrons. The summed E-state index contributed by atoms with van der Waals surface area (Å²) < 4.78 is 0. The van der Waals surface area contributed by atoms with Crippen LogP contribution < -0.4 is 10.6 Å². The number of hydrogen-bond donors (Lipinski definition) is 2. The number of aromatic nitrogens is 2. The highest BCUT2D eigenvalue weighted by Gasteiger charge is 2.13. The molecule has 4 nitrogen and oxygen atoms in total. The van der Waals surface area contributed by atoms with Gasteiger partial charge in [0.05, 0.1) is 5.69 Å². The Morgan fingerprint density at radius 2 is 1.86 bits per heavy atom. The van der Waals surface area contributed by atoms with Crippen LogP contribution in [0.2, 0.25) is 0 Å². The number of nitrogens with one attached hydrogen (secondary N) is 2. The molecule has 0 unspecified atom stereocenters. The lowest BCUT2D eigenvalue weighted by molar-refractivity contribution is 0.630. The topological polar surface area (TPSA) is 49.8 Å². The quantitative estimate of drug-likeness (QED) is 0.815. The summed E-state index contributed by atoms with van der Waals surface area (Å²) >= 11 is 0. The number of rotatable bonds is 5. The molecule has 0 spiro atoms. The molecular weight excluding hydrogens is 260 g/mol. The van der Waals surface area contributed by atoms with E-state index in [0.717, 1.165) is 17.1 Å². The van der Waals surface area contributed by atoms with E-state index in [1.165, 1.54) is 0 Å². The molecule has 1 aromatic carbocycles. The van der Waals surface area contributed by atoms with Gasteiger partial charge in [-0.25, -0.2) is 4.98 Å². The van der Waals surface area contributed by atoms with Crippen LogP contribution in [0.5, 0.6) is 0 Å². The van der Waals surface area contributed by atoms with Gasteiger partial charge in [-0.15, -0.1) is 6.58 Å². The largest absolute Gasteiger partial charge is 0.365 e. The van der Waals surface area contributed by atoms with Crippen LogP contribution in [0.4, 0.5) is 11.8 Å². The Morgan fingerprint density at radius 1 is 1.14 bits per heavy atom. The molecule has 2 rings (SSSR count). The van der Waals surface area contributed by atoms with E-state index in [4.69, 9.17) is 0 Å². The molecule has 2 aromatic rings. The van der Waals surface area contributed by atoms with Gasteiger partial charge in [0.25, 0.3) is 0 Å². The minimum absolute atomic E-state index is 0.0575. The van der Waals surface area contributed by atoms with Crippen molar-refractivity contribution < 1.29 is 0 Å².